The molecule has 3 aromatic rings. The van der Waals surface area contributed by atoms with Crippen molar-refractivity contribution < 1.29 is 4.74 Å². The predicted molar refractivity (Wildman–Crippen MR) is 117 cm³/mol. The number of rotatable bonds is 7. The van der Waals surface area contributed by atoms with E-state index >= 15 is 0 Å². The van der Waals surface area contributed by atoms with Crippen molar-refractivity contribution in [2.45, 2.75) is 33.3 Å². The van der Waals surface area contributed by atoms with Crippen LogP contribution in [-0.2, 0) is 6.42 Å². The predicted octanol–water partition coefficient (Wildman–Crippen LogP) is 3.93. The molecule has 3 N–H and O–H groups in total. The van der Waals surface area contributed by atoms with Gasteiger partial charge in [-0.3, -0.25) is 4.98 Å². The Balaban J connectivity index is 0.00000182. The van der Waals surface area contributed by atoms with Gasteiger partial charge in [0, 0.05) is 17.5 Å². The Hall–Kier alpha value is -1.67. The topological polar surface area (TPSA) is 86.0 Å². The number of hydrogen-bond acceptors (Lipinski definition) is 7. The highest BCUT2D eigenvalue weighted by Crippen LogP contribution is 2.33. The van der Waals surface area contributed by atoms with Crippen LogP contribution in [0.25, 0.3) is 10.2 Å². The molecule has 0 aliphatic rings. The van der Waals surface area contributed by atoms with Crippen molar-refractivity contribution in [3.63, 3.8) is 0 Å². The van der Waals surface area contributed by atoms with Crippen molar-refractivity contribution >= 4 is 52.2 Å². The van der Waals surface area contributed by atoms with Crippen LogP contribution >= 0.6 is 36.2 Å². The third kappa shape index (κ3) is 5.65. The van der Waals surface area contributed by atoms with E-state index in [0.29, 0.717) is 19.5 Å². The van der Waals surface area contributed by atoms with Gasteiger partial charge in [-0.2, -0.15) is 0 Å². The van der Waals surface area contributed by atoms with Crippen LogP contribution < -0.4 is 15.8 Å². The second-order valence-electron chi connectivity index (χ2n) is 5.99. The summed E-state index contributed by atoms with van der Waals surface area (Å²) < 4.78 is 5.88. The summed E-state index contributed by atoms with van der Waals surface area (Å²) in [6, 6.07) is 3.76. The monoisotopic (exact) mass is 429 g/mol. The lowest BCUT2D eigenvalue weighted by Crippen LogP contribution is -2.23. The average molecular weight is 430 g/mol. The SMILES string of the molecule is Cc1sc2nc(CCN)nc(NCC(C)Oc3cccnc3)c2c1C.Cl.Cl. The molecule has 1 unspecified atom stereocenters. The van der Waals surface area contributed by atoms with Crippen molar-refractivity contribution in [3.05, 3.63) is 40.8 Å². The molecule has 3 heterocycles. The summed E-state index contributed by atoms with van der Waals surface area (Å²) in [5, 5.41) is 4.52. The second kappa shape index (κ2) is 10.6. The van der Waals surface area contributed by atoms with Crippen molar-refractivity contribution in [2.24, 2.45) is 5.73 Å². The van der Waals surface area contributed by atoms with Crippen LogP contribution in [0.15, 0.2) is 24.5 Å². The van der Waals surface area contributed by atoms with E-state index in [2.05, 4.69) is 34.1 Å². The zero-order chi connectivity index (χ0) is 17.8. The van der Waals surface area contributed by atoms with Gasteiger partial charge in [0.2, 0.25) is 0 Å². The van der Waals surface area contributed by atoms with Crippen LogP contribution in [0.5, 0.6) is 5.75 Å². The molecule has 9 heteroatoms. The zero-order valence-corrected chi connectivity index (χ0v) is 18.0. The molecule has 1 atom stereocenters. The minimum atomic E-state index is -0.0211. The minimum Gasteiger partial charge on any atom is -0.487 e. The number of thiophene rings is 1. The second-order valence-corrected chi connectivity index (χ2v) is 7.19. The first-order valence-electron chi connectivity index (χ1n) is 8.35. The van der Waals surface area contributed by atoms with E-state index in [-0.39, 0.29) is 30.9 Å². The smallest absolute Gasteiger partial charge is 0.138 e. The highest BCUT2D eigenvalue weighted by Gasteiger charge is 2.15. The number of nitrogens with one attached hydrogen (secondary N) is 1. The molecule has 0 amide bonds. The van der Waals surface area contributed by atoms with Crippen LogP contribution in [0.1, 0.15) is 23.2 Å². The van der Waals surface area contributed by atoms with Gasteiger partial charge in [0.05, 0.1) is 18.1 Å². The first kappa shape index (κ1) is 23.4. The van der Waals surface area contributed by atoms with Crippen molar-refractivity contribution in [1.29, 1.82) is 0 Å². The highest BCUT2D eigenvalue weighted by molar-refractivity contribution is 7.18. The number of aromatic nitrogens is 3. The van der Waals surface area contributed by atoms with Crippen molar-refractivity contribution in [1.82, 2.24) is 15.0 Å². The molecular formula is C18H25Cl2N5OS. The molecule has 0 aromatic carbocycles. The summed E-state index contributed by atoms with van der Waals surface area (Å²) in [5.74, 6) is 2.40. The van der Waals surface area contributed by atoms with Gasteiger partial charge in [-0.1, -0.05) is 0 Å². The molecule has 3 rings (SSSR count). The summed E-state index contributed by atoms with van der Waals surface area (Å²) in [6.07, 6.45) is 4.09. The number of ether oxygens (including phenoxy) is 1. The first-order chi connectivity index (χ1) is 12.1. The Morgan fingerprint density at radius 3 is 2.70 bits per heavy atom. The lowest BCUT2D eigenvalue weighted by atomic mass is 10.2. The maximum absolute atomic E-state index is 5.88. The molecule has 0 spiro atoms. The fourth-order valence-corrected chi connectivity index (χ4v) is 3.64. The fourth-order valence-electron chi connectivity index (χ4n) is 2.59. The molecule has 3 aromatic heterocycles. The quantitative estimate of drug-likeness (QED) is 0.591. The molecule has 0 radical (unpaired) electrons. The van der Waals surface area contributed by atoms with Crippen LogP contribution in [-0.4, -0.2) is 34.1 Å². The molecule has 0 saturated carbocycles. The van der Waals surface area contributed by atoms with Crippen LogP contribution in [0.3, 0.4) is 0 Å². The number of fused-ring (bicyclic) bond motifs is 1. The van der Waals surface area contributed by atoms with E-state index in [0.717, 1.165) is 27.6 Å². The van der Waals surface area contributed by atoms with Gasteiger partial charge in [0.15, 0.2) is 0 Å². The standard InChI is InChI=1S/C18H23N5OS.2ClH/c1-11(24-14-5-4-8-20-10-14)9-21-17-16-12(2)13(3)25-18(16)23-15(22-17)6-7-19;;/h4-5,8,10-11H,6-7,9,19H2,1-3H3,(H,21,22,23);2*1H. The average Bonchev–Trinajstić information content (AvgIpc) is 2.88. The summed E-state index contributed by atoms with van der Waals surface area (Å²) in [6.45, 7) is 7.42. The van der Waals surface area contributed by atoms with E-state index in [9.17, 15) is 0 Å². The third-order valence-electron chi connectivity index (χ3n) is 3.97. The number of nitrogens with two attached hydrogens (primary N) is 1. The Morgan fingerprint density at radius 1 is 1.26 bits per heavy atom. The molecule has 0 aliphatic heterocycles. The van der Waals surface area contributed by atoms with E-state index in [1.54, 1.807) is 23.7 Å². The summed E-state index contributed by atoms with van der Waals surface area (Å²) in [4.78, 5) is 15.7. The van der Waals surface area contributed by atoms with Crippen molar-refractivity contribution in [3.8, 4) is 5.75 Å². The number of pyridine rings is 1. The Kier molecular flexibility index (Phi) is 9.18. The minimum absolute atomic E-state index is 0. The van der Waals surface area contributed by atoms with Crippen LogP contribution in [0.2, 0.25) is 0 Å². The van der Waals surface area contributed by atoms with E-state index in [1.807, 2.05) is 19.1 Å². The zero-order valence-electron chi connectivity index (χ0n) is 15.6. The number of halogens is 2. The molecule has 148 valence electrons. The van der Waals surface area contributed by atoms with Gasteiger partial charge in [0.25, 0.3) is 0 Å². The van der Waals surface area contributed by atoms with E-state index < -0.39 is 0 Å². The van der Waals surface area contributed by atoms with Crippen LogP contribution in [0.4, 0.5) is 5.82 Å². The molecular weight excluding hydrogens is 405 g/mol. The maximum atomic E-state index is 5.88. The number of nitrogens with zero attached hydrogens (tertiary/aromatic N) is 3. The number of aryl methyl sites for hydroxylation is 2. The first-order valence-corrected chi connectivity index (χ1v) is 9.17. The molecule has 0 saturated heterocycles. The maximum Gasteiger partial charge on any atom is 0.138 e. The molecule has 6 nitrogen and oxygen atoms in total. The van der Waals surface area contributed by atoms with E-state index in [1.165, 1.54) is 10.4 Å². The summed E-state index contributed by atoms with van der Waals surface area (Å²) in [7, 11) is 0. The summed E-state index contributed by atoms with van der Waals surface area (Å²) in [5.41, 5.74) is 6.90. The lowest BCUT2D eigenvalue weighted by molar-refractivity contribution is 0.234. The Bertz CT molecular complexity index is 860. The normalized spacial score (nSPS) is 11.4. The van der Waals surface area contributed by atoms with E-state index in [4.69, 9.17) is 10.5 Å². The molecule has 0 fully saturated rings. The largest absolute Gasteiger partial charge is 0.487 e. The van der Waals surface area contributed by atoms with Gasteiger partial charge in [-0.05, 0) is 45.0 Å². The molecule has 0 bridgehead atoms. The highest BCUT2D eigenvalue weighted by atomic mass is 35.5. The van der Waals surface area contributed by atoms with Gasteiger partial charge in [-0.25, -0.2) is 9.97 Å². The fraction of sp³-hybridized carbons (Fsp3) is 0.389. The van der Waals surface area contributed by atoms with Crippen LogP contribution in [0, 0.1) is 13.8 Å². The number of anilines is 1. The van der Waals surface area contributed by atoms with Gasteiger partial charge >= 0.3 is 0 Å². The molecule has 27 heavy (non-hydrogen) atoms. The van der Waals surface area contributed by atoms with Gasteiger partial charge < -0.3 is 15.8 Å². The van der Waals surface area contributed by atoms with Gasteiger partial charge in [-0.15, -0.1) is 36.2 Å². The Morgan fingerprint density at radius 2 is 2.04 bits per heavy atom. The third-order valence-corrected chi connectivity index (χ3v) is 5.07. The lowest BCUT2D eigenvalue weighted by Gasteiger charge is -2.16. The van der Waals surface area contributed by atoms with Gasteiger partial charge in [0.1, 0.15) is 28.3 Å². The summed E-state index contributed by atoms with van der Waals surface area (Å²) >= 11 is 1.70. The Labute approximate surface area is 175 Å². The van der Waals surface area contributed by atoms with Crippen molar-refractivity contribution in [2.75, 3.05) is 18.4 Å². The number of hydrogen-bond donors (Lipinski definition) is 2. The molecule has 0 aliphatic carbocycles.